The lowest BCUT2D eigenvalue weighted by Crippen LogP contribution is -2.16. The molecule has 2 heterocycles. The Morgan fingerprint density at radius 2 is 2.00 bits per heavy atom. The van der Waals surface area contributed by atoms with Crippen LogP contribution in [0.15, 0.2) is 60.8 Å². The molecule has 0 radical (unpaired) electrons. The summed E-state index contributed by atoms with van der Waals surface area (Å²) in [7, 11) is 0. The van der Waals surface area contributed by atoms with Gasteiger partial charge in [0.2, 0.25) is 0 Å². The van der Waals surface area contributed by atoms with Crippen molar-refractivity contribution in [2.45, 2.75) is 18.8 Å². The van der Waals surface area contributed by atoms with E-state index in [1.54, 1.807) is 24.3 Å². The van der Waals surface area contributed by atoms with Gasteiger partial charge >= 0.3 is 0 Å². The summed E-state index contributed by atoms with van der Waals surface area (Å²) in [6.45, 7) is 2.26. The van der Waals surface area contributed by atoms with Crippen LogP contribution in [0.5, 0.6) is 5.75 Å². The summed E-state index contributed by atoms with van der Waals surface area (Å²) in [5.41, 5.74) is 2.47. The monoisotopic (exact) mass is 347 g/mol. The predicted molar refractivity (Wildman–Crippen MR) is 99.7 cm³/mol. The molecule has 4 rings (SSSR count). The van der Waals surface area contributed by atoms with Gasteiger partial charge in [0.05, 0.1) is 12.2 Å². The Labute approximate surface area is 153 Å². The summed E-state index contributed by atoms with van der Waals surface area (Å²) in [4.78, 5) is 26.5. The van der Waals surface area contributed by atoms with Crippen molar-refractivity contribution < 1.29 is 14.3 Å². The zero-order chi connectivity index (χ0) is 17.9. The van der Waals surface area contributed by atoms with Crippen molar-refractivity contribution >= 4 is 11.6 Å². The second kappa shape index (κ2) is 7.16. The largest absolute Gasteiger partial charge is 0.492 e. The number of benzene rings is 2. The zero-order valence-corrected chi connectivity index (χ0v) is 14.6. The molecule has 0 aliphatic carbocycles. The molecule has 0 aromatic heterocycles. The summed E-state index contributed by atoms with van der Waals surface area (Å²) in [5.74, 6) is 1.03. The number of fused-ring (bicyclic) bond motifs is 1. The lowest BCUT2D eigenvalue weighted by atomic mass is 9.99. The molecule has 4 heteroatoms. The molecular formula is C22H21NO3. The number of hydrogen-bond donors (Lipinski definition) is 0. The second-order valence-corrected chi connectivity index (χ2v) is 6.80. The molecule has 0 saturated carbocycles. The number of Topliss-reactive ketones (excluding diaryl/α,β-unsaturated/α-hetero) is 1. The van der Waals surface area contributed by atoms with Gasteiger partial charge in [0.25, 0.3) is 0 Å². The number of allylic oxidation sites excluding steroid dienone is 1. The van der Waals surface area contributed by atoms with Crippen LogP contribution in [-0.2, 0) is 0 Å². The van der Waals surface area contributed by atoms with Crippen LogP contribution in [-0.4, -0.2) is 36.2 Å². The molecule has 132 valence electrons. The van der Waals surface area contributed by atoms with Gasteiger partial charge in [-0.15, -0.1) is 0 Å². The van der Waals surface area contributed by atoms with E-state index in [0.29, 0.717) is 35.8 Å². The minimum atomic E-state index is -0.0717. The van der Waals surface area contributed by atoms with Crippen LogP contribution in [0.3, 0.4) is 0 Å². The first-order valence-electron chi connectivity index (χ1n) is 9.02. The van der Waals surface area contributed by atoms with Crippen molar-refractivity contribution in [3.63, 3.8) is 0 Å². The maximum atomic E-state index is 12.5. The van der Waals surface area contributed by atoms with E-state index in [-0.39, 0.29) is 11.6 Å². The first-order chi connectivity index (χ1) is 12.7. The van der Waals surface area contributed by atoms with Crippen molar-refractivity contribution in [2.75, 3.05) is 19.7 Å². The van der Waals surface area contributed by atoms with Crippen molar-refractivity contribution in [2.24, 2.45) is 0 Å². The Kier molecular flexibility index (Phi) is 4.57. The van der Waals surface area contributed by atoms with Crippen LogP contribution in [0.2, 0.25) is 0 Å². The van der Waals surface area contributed by atoms with Crippen LogP contribution >= 0.6 is 0 Å². The Bertz CT molecular complexity index is 857. The molecule has 4 nitrogen and oxygen atoms in total. The number of ketones is 2. The van der Waals surface area contributed by atoms with E-state index in [2.05, 4.69) is 29.2 Å². The average molecular weight is 347 g/mol. The van der Waals surface area contributed by atoms with Crippen molar-refractivity contribution in [1.82, 2.24) is 4.90 Å². The van der Waals surface area contributed by atoms with Crippen LogP contribution in [0.4, 0.5) is 0 Å². The summed E-state index contributed by atoms with van der Waals surface area (Å²) in [6.07, 6.45) is 4.99. The SMILES string of the molecule is O=C(/C=C/N1CCC(c2ccccc2)C1)c1ccc2c(c1)OCCC2=O. The van der Waals surface area contributed by atoms with E-state index in [0.717, 1.165) is 19.5 Å². The van der Waals surface area contributed by atoms with E-state index in [9.17, 15) is 9.59 Å². The molecule has 0 spiro atoms. The van der Waals surface area contributed by atoms with Gasteiger partial charge in [-0.25, -0.2) is 0 Å². The highest BCUT2D eigenvalue weighted by Crippen LogP contribution is 2.28. The van der Waals surface area contributed by atoms with Gasteiger partial charge in [-0.1, -0.05) is 36.4 Å². The highest BCUT2D eigenvalue weighted by atomic mass is 16.5. The Morgan fingerprint density at radius 1 is 1.15 bits per heavy atom. The first-order valence-corrected chi connectivity index (χ1v) is 9.02. The molecule has 1 saturated heterocycles. The van der Waals surface area contributed by atoms with Gasteiger partial charge in [0.1, 0.15) is 5.75 Å². The molecule has 1 atom stereocenters. The molecular weight excluding hydrogens is 326 g/mol. The second-order valence-electron chi connectivity index (χ2n) is 6.80. The number of hydrogen-bond acceptors (Lipinski definition) is 4. The fraction of sp³-hybridized carbons (Fsp3) is 0.273. The quantitative estimate of drug-likeness (QED) is 0.623. The van der Waals surface area contributed by atoms with Gasteiger partial charge in [-0.3, -0.25) is 9.59 Å². The van der Waals surface area contributed by atoms with Crippen LogP contribution in [0.1, 0.15) is 45.0 Å². The molecule has 2 aliphatic heterocycles. The average Bonchev–Trinajstić information content (AvgIpc) is 3.16. The third-order valence-corrected chi connectivity index (χ3v) is 5.08. The number of ether oxygens (including phenoxy) is 1. The van der Waals surface area contributed by atoms with E-state index < -0.39 is 0 Å². The minimum Gasteiger partial charge on any atom is -0.492 e. The standard InChI is InChI=1S/C22H21NO3/c24-20(17-6-7-19-21(25)10-13-26-22(19)14-17)9-12-23-11-8-18(15-23)16-4-2-1-3-5-16/h1-7,9,12,14,18H,8,10-11,13,15H2/b12-9+. The lowest BCUT2D eigenvalue weighted by molar-refractivity contribution is 0.0931. The fourth-order valence-electron chi connectivity index (χ4n) is 3.60. The van der Waals surface area contributed by atoms with Crippen LogP contribution in [0, 0.1) is 0 Å². The van der Waals surface area contributed by atoms with Gasteiger partial charge in [0, 0.05) is 43.3 Å². The van der Waals surface area contributed by atoms with Crippen LogP contribution in [0.25, 0.3) is 0 Å². The third-order valence-electron chi connectivity index (χ3n) is 5.08. The van der Waals surface area contributed by atoms with E-state index in [1.165, 1.54) is 5.56 Å². The molecule has 2 aromatic carbocycles. The van der Waals surface area contributed by atoms with E-state index in [4.69, 9.17) is 4.74 Å². The molecule has 1 unspecified atom stereocenters. The maximum absolute atomic E-state index is 12.5. The van der Waals surface area contributed by atoms with Gasteiger partial charge in [-0.05, 0) is 24.1 Å². The number of nitrogens with zero attached hydrogens (tertiary/aromatic N) is 1. The molecule has 0 bridgehead atoms. The van der Waals surface area contributed by atoms with E-state index >= 15 is 0 Å². The molecule has 26 heavy (non-hydrogen) atoms. The predicted octanol–water partition coefficient (Wildman–Crippen LogP) is 3.84. The maximum Gasteiger partial charge on any atom is 0.187 e. The topological polar surface area (TPSA) is 46.6 Å². The molecule has 1 fully saturated rings. The smallest absolute Gasteiger partial charge is 0.187 e. The van der Waals surface area contributed by atoms with E-state index in [1.807, 2.05) is 12.3 Å². The number of carbonyl (C=O) groups excluding carboxylic acids is 2. The van der Waals surface area contributed by atoms with Gasteiger partial charge < -0.3 is 9.64 Å². The fourth-order valence-corrected chi connectivity index (χ4v) is 3.60. The molecule has 2 aliphatic rings. The highest BCUT2D eigenvalue weighted by molar-refractivity contribution is 6.06. The highest BCUT2D eigenvalue weighted by Gasteiger charge is 2.22. The molecule has 2 aromatic rings. The number of carbonyl (C=O) groups is 2. The first kappa shape index (κ1) is 16.6. The van der Waals surface area contributed by atoms with Gasteiger partial charge in [-0.2, -0.15) is 0 Å². The minimum absolute atomic E-state index is 0.0717. The number of rotatable bonds is 4. The summed E-state index contributed by atoms with van der Waals surface area (Å²) in [5, 5.41) is 0. The molecule has 0 N–H and O–H groups in total. The summed E-state index contributed by atoms with van der Waals surface area (Å²) < 4.78 is 5.52. The Balaban J connectivity index is 1.41. The number of likely N-dealkylation sites (tertiary alicyclic amines) is 1. The summed E-state index contributed by atoms with van der Waals surface area (Å²) in [6, 6.07) is 15.6. The molecule has 0 amide bonds. The normalized spacial score (nSPS) is 19.5. The van der Waals surface area contributed by atoms with Crippen molar-refractivity contribution in [1.29, 1.82) is 0 Å². The summed E-state index contributed by atoms with van der Waals surface area (Å²) >= 11 is 0. The van der Waals surface area contributed by atoms with Crippen LogP contribution < -0.4 is 4.74 Å². The van der Waals surface area contributed by atoms with Crippen molar-refractivity contribution in [3.05, 3.63) is 77.5 Å². The Morgan fingerprint density at radius 3 is 2.85 bits per heavy atom. The third kappa shape index (κ3) is 3.40. The van der Waals surface area contributed by atoms with Gasteiger partial charge in [0.15, 0.2) is 11.6 Å². The lowest BCUT2D eigenvalue weighted by Gasteiger charge is -2.16. The zero-order valence-electron chi connectivity index (χ0n) is 14.6. The van der Waals surface area contributed by atoms with Crippen molar-refractivity contribution in [3.8, 4) is 5.75 Å². The Hall–Kier alpha value is -2.88.